The standard InChI is InChI=1S/C27H31N2O2/c1-3-20-18-29(17-19-7-5-4-6-8-19)14-12-21(20)15-26(29)27(30)23-11-13-28-25-10-9-22(31-2)16-24(23)25/h3-11,13,16,20-21,26-27,30H,1,12,14-15,17-18H2,2H3/q+1/t20?,21?,26?,27-,29?/m1/s1. The first-order chi connectivity index (χ1) is 15.1. The number of aliphatic hydroxyl groups excluding tert-OH is 1. The lowest BCUT2D eigenvalue weighted by atomic mass is 9.71. The fraction of sp³-hybridized carbons (Fsp3) is 0.370. The van der Waals surface area contributed by atoms with Crippen molar-refractivity contribution in [2.24, 2.45) is 11.8 Å². The molecule has 3 fully saturated rings. The molecule has 2 aromatic carbocycles. The van der Waals surface area contributed by atoms with E-state index in [0.29, 0.717) is 11.8 Å². The maximum atomic E-state index is 11.8. The number of ether oxygens (including phenoxy) is 1. The molecule has 3 aromatic rings. The van der Waals surface area contributed by atoms with Crippen molar-refractivity contribution in [3.05, 3.63) is 84.6 Å². The van der Waals surface area contributed by atoms with Gasteiger partial charge in [-0.25, -0.2) is 0 Å². The highest BCUT2D eigenvalue weighted by molar-refractivity contribution is 5.83. The summed E-state index contributed by atoms with van der Waals surface area (Å²) in [7, 11) is 1.68. The van der Waals surface area contributed by atoms with Crippen molar-refractivity contribution in [3.63, 3.8) is 0 Å². The number of benzene rings is 2. The Morgan fingerprint density at radius 1 is 1.23 bits per heavy atom. The van der Waals surface area contributed by atoms with Crippen LogP contribution in [0.5, 0.6) is 5.75 Å². The number of quaternary nitrogens is 1. The van der Waals surface area contributed by atoms with Gasteiger partial charge in [-0.1, -0.05) is 36.4 Å². The molecule has 4 heteroatoms. The maximum absolute atomic E-state index is 11.8. The van der Waals surface area contributed by atoms with Crippen molar-refractivity contribution >= 4 is 10.9 Å². The fourth-order valence-electron chi connectivity index (χ4n) is 6.07. The summed E-state index contributed by atoms with van der Waals surface area (Å²) < 4.78 is 6.38. The summed E-state index contributed by atoms with van der Waals surface area (Å²) in [4.78, 5) is 4.52. The van der Waals surface area contributed by atoms with Crippen molar-refractivity contribution < 1.29 is 14.3 Å². The van der Waals surface area contributed by atoms with Crippen LogP contribution in [0.4, 0.5) is 0 Å². The number of aliphatic hydroxyl groups is 1. The number of hydrogen-bond acceptors (Lipinski definition) is 3. The normalized spacial score (nSPS) is 28.4. The quantitative estimate of drug-likeness (QED) is 0.460. The van der Waals surface area contributed by atoms with E-state index >= 15 is 0 Å². The van der Waals surface area contributed by atoms with E-state index in [0.717, 1.165) is 52.8 Å². The van der Waals surface area contributed by atoms with E-state index in [1.165, 1.54) is 12.0 Å². The van der Waals surface area contributed by atoms with Crippen molar-refractivity contribution in [2.75, 3.05) is 20.2 Å². The Balaban J connectivity index is 1.56. The molecule has 3 aliphatic heterocycles. The van der Waals surface area contributed by atoms with Crippen LogP contribution in [-0.4, -0.2) is 40.8 Å². The molecule has 0 spiro atoms. The van der Waals surface area contributed by atoms with E-state index in [1.54, 1.807) is 7.11 Å². The molecule has 0 amide bonds. The molecule has 4 heterocycles. The van der Waals surface area contributed by atoms with Crippen LogP contribution in [0.3, 0.4) is 0 Å². The second-order valence-corrected chi connectivity index (χ2v) is 9.25. The molecule has 2 bridgehead atoms. The average Bonchev–Trinajstić information content (AvgIpc) is 2.83. The van der Waals surface area contributed by atoms with Gasteiger partial charge in [-0.05, 0) is 35.7 Å². The average molecular weight is 416 g/mol. The third-order valence-electron chi connectivity index (χ3n) is 7.68. The van der Waals surface area contributed by atoms with Crippen molar-refractivity contribution in [3.8, 4) is 5.75 Å². The predicted molar refractivity (Wildman–Crippen MR) is 124 cm³/mol. The Hall–Kier alpha value is -2.69. The lowest BCUT2D eigenvalue weighted by Crippen LogP contribution is -2.67. The third-order valence-corrected chi connectivity index (χ3v) is 7.68. The molecule has 31 heavy (non-hydrogen) atoms. The molecule has 0 aliphatic carbocycles. The van der Waals surface area contributed by atoms with Crippen LogP contribution in [0.2, 0.25) is 0 Å². The first-order valence-electron chi connectivity index (χ1n) is 11.3. The summed E-state index contributed by atoms with van der Waals surface area (Å²) >= 11 is 0. The molecule has 160 valence electrons. The molecule has 3 aliphatic rings. The zero-order valence-corrected chi connectivity index (χ0v) is 18.2. The molecule has 4 unspecified atom stereocenters. The van der Waals surface area contributed by atoms with Crippen molar-refractivity contribution in [1.29, 1.82) is 0 Å². The van der Waals surface area contributed by atoms with Gasteiger partial charge in [0.1, 0.15) is 24.4 Å². The van der Waals surface area contributed by atoms with Crippen LogP contribution in [0.15, 0.2) is 73.4 Å². The van der Waals surface area contributed by atoms with E-state index in [2.05, 4.69) is 48.0 Å². The van der Waals surface area contributed by atoms with Crippen molar-refractivity contribution in [1.82, 2.24) is 4.98 Å². The summed E-state index contributed by atoms with van der Waals surface area (Å²) in [6, 6.07) is 18.8. The van der Waals surface area contributed by atoms with E-state index in [-0.39, 0.29) is 6.04 Å². The largest absolute Gasteiger partial charge is 0.497 e. The number of rotatable bonds is 6. The zero-order valence-electron chi connectivity index (χ0n) is 18.2. The van der Waals surface area contributed by atoms with E-state index in [9.17, 15) is 5.11 Å². The lowest BCUT2D eigenvalue weighted by molar-refractivity contribution is -0.984. The molecular formula is C27H31N2O2+. The Bertz CT molecular complexity index is 1080. The van der Waals surface area contributed by atoms with Gasteiger partial charge in [-0.2, -0.15) is 0 Å². The van der Waals surface area contributed by atoms with Gasteiger partial charge in [0.2, 0.25) is 0 Å². The summed E-state index contributed by atoms with van der Waals surface area (Å²) in [6.45, 7) is 7.25. The third kappa shape index (κ3) is 3.54. The molecule has 3 saturated heterocycles. The van der Waals surface area contributed by atoms with Crippen LogP contribution in [-0.2, 0) is 6.54 Å². The summed E-state index contributed by atoms with van der Waals surface area (Å²) in [6.07, 6.45) is 5.65. The SMILES string of the molecule is C=CC1C[N+]2(Cc3ccccc3)CCC1CC2[C@H](O)c1ccnc2ccc(OC)cc12. The summed E-state index contributed by atoms with van der Waals surface area (Å²) in [5.41, 5.74) is 3.19. The Morgan fingerprint density at radius 2 is 2.06 bits per heavy atom. The highest BCUT2D eigenvalue weighted by Crippen LogP contribution is 2.48. The van der Waals surface area contributed by atoms with E-state index in [4.69, 9.17) is 4.74 Å². The van der Waals surface area contributed by atoms with Crippen LogP contribution in [0.25, 0.3) is 10.9 Å². The molecule has 4 nitrogen and oxygen atoms in total. The van der Waals surface area contributed by atoms with Gasteiger partial charge in [0, 0.05) is 35.9 Å². The number of methoxy groups -OCH3 is 1. The number of aromatic nitrogens is 1. The van der Waals surface area contributed by atoms with Gasteiger partial charge < -0.3 is 14.3 Å². The van der Waals surface area contributed by atoms with Crippen LogP contribution in [0.1, 0.15) is 30.1 Å². The minimum Gasteiger partial charge on any atom is -0.497 e. The molecule has 0 radical (unpaired) electrons. The highest BCUT2D eigenvalue weighted by Gasteiger charge is 2.53. The van der Waals surface area contributed by atoms with Gasteiger partial charge >= 0.3 is 0 Å². The fourth-order valence-corrected chi connectivity index (χ4v) is 6.07. The van der Waals surface area contributed by atoms with Gasteiger partial charge in [-0.3, -0.25) is 4.98 Å². The molecule has 6 rings (SSSR count). The Morgan fingerprint density at radius 3 is 2.84 bits per heavy atom. The second kappa shape index (κ2) is 8.10. The van der Waals surface area contributed by atoms with Gasteiger partial charge in [0.25, 0.3) is 0 Å². The van der Waals surface area contributed by atoms with Crippen LogP contribution < -0.4 is 4.74 Å². The van der Waals surface area contributed by atoms with Gasteiger partial charge in [0.05, 0.1) is 25.7 Å². The molecular weight excluding hydrogens is 384 g/mol. The van der Waals surface area contributed by atoms with Crippen molar-refractivity contribution in [2.45, 2.75) is 31.5 Å². The minimum atomic E-state index is -0.546. The number of fused-ring (bicyclic) bond motifs is 4. The van der Waals surface area contributed by atoms with Crippen LogP contribution in [0, 0.1) is 11.8 Å². The van der Waals surface area contributed by atoms with Gasteiger partial charge in [0.15, 0.2) is 0 Å². The number of pyridine rings is 1. The topological polar surface area (TPSA) is 42.4 Å². The molecule has 1 N–H and O–H groups in total. The summed E-state index contributed by atoms with van der Waals surface area (Å²) in [5, 5.41) is 12.8. The molecule has 1 aromatic heterocycles. The van der Waals surface area contributed by atoms with Crippen LogP contribution >= 0.6 is 0 Å². The molecule has 5 atom stereocenters. The number of piperidine rings is 3. The van der Waals surface area contributed by atoms with E-state index < -0.39 is 6.10 Å². The maximum Gasteiger partial charge on any atom is 0.131 e. The van der Waals surface area contributed by atoms with Gasteiger partial charge in [-0.15, -0.1) is 6.58 Å². The number of hydrogen-bond donors (Lipinski definition) is 1. The Kier molecular flexibility index (Phi) is 5.28. The first kappa shape index (κ1) is 20.2. The van der Waals surface area contributed by atoms with E-state index in [1.807, 2.05) is 30.5 Å². The zero-order chi connectivity index (χ0) is 21.4. The predicted octanol–water partition coefficient (Wildman–Crippen LogP) is 4.89. The Labute approximate surface area is 184 Å². The smallest absolute Gasteiger partial charge is 0.131 e. The minimum absolute atomic E-state index is 0.159. The lowest BCUT2D eigenvalue weighted by Gasteiger charge is -2.58. The molecule has 0 saturated carbocycles. The highest BCUT2D eigenvalue weighted by atomic mass is 16.5. The monoisotopic (exact) mass is 415 g/mol. The number of nitrogens with zero attached hydrogens (tertiary/aromatic N) is 2. The first-order valence-corrected chi connectivity index (χ1v) is 11.3. The second-order valence-electron chi connectivity index (χ2n) is 9.25. The summed E-state index contributed by atoms with van der Waals surface area (Å²) in [5.74, 6) is 1.92.